The number of furan rings is 1. The zero-order valence-corrected chi connectivity index (χ0v) is 11.1. The van der Waals surface area contributed by atoms with Gasteiger partial charge < -0.3 is 14.7 Å². The molecule has 0 saturated carbocycles. The molecule has 0 radical (unpaired) electrons. The summed E-state index contributed by atoms with van der Waals surface area (Å²) in [6.07, 6.45) is 5.37. The van der Waals surface area contributed by atoms with E-state index in [9.17, 15) is 4.79 Å². The van der Waals surface area contributed by atoms with Gasteiger partial charge in [-0.25, -0.2) is 4.98 Å². The summed E-state index contributed by atoms with van der Waals surface area (Å²) < 4.78 is 5.44. The maximum Gasteiger partial charge on any atom is 0.287 e. The highest BCUT2D eigenvalue weighted by molar-refractivity contribution is 7.97. The average Bonchev–Trinajstić information content (AvgIpc) is 3.00. The highest BCUT2D eigenvalue weighted by Crippen LogP contribution is 2.14. The number of hydrogen-bond donors (Lipinski definition) is 2. The van der Waals surface area contributed by atoms with Gasteiger partial charge in [0.2, 0.25) is 0 Å². The van der Waals surface area contributed by atoms with Gasteiger partial charge in [0.25, 0.3) is 5.91 Å². The third-order valence-electron chi connectivity index (χ3n) is 2.45. The van der Waals surface area contributed by atoms with Crippen LogP contribution < -0.4 is 5.32 Å². The third kappa shape index (κ3) is 2.95. The van der Waals surface area contributed by atoms with Crippen molar-refractivity contribution in [2.75, 3.05) is 6.26 Å². The number of thioether (sulfide) groups is 1. The van der Waals surface area contributed by atoms with Crippen LogP contribution in [0.25, 0.3) is 0 Å². The number of rotatable bonds is 5. The van der Waals surface area contributed by atoms with E-state index in [4.69, 9.17) is 4.42 Å². The normalized spacial score (nSPS) is 12.3. The Balaban J connectivity index is 1.98. The molecular formula is C12H15N3O2S. The molecule has 0 aliphatic carbocycles. The van der Waals surface area contributed by atoms with Gasteiger partial charge in [-0.3, -0.25) is 4.79 Å². The lowest BCUT2D eigenvalue weighted by molar-refractivity contribution is 0.0909. The summed E-state index contributed by atoms with van der Waals surface area (Å²) in [5.41, 5.74) is 0. The third-order valence-corrected chi connectivity index (χ3v) is 3.02. The van der Waals surface area contributed by atoms with Crippen molar-refractivity contribution in [3.63, 3.8) is 0 Å². The second-order valence-electron chi connectivity index (χ2n) is 3.87. The minimum absolute atomic E-state index is 0.179. The Morgan fingerprint density at radius 1 is 1.61 bits per heavy atom. The van der Waals surface area contributed by atoms with Crippen molar-refractivity contribution in [3.8, 4) is 0 Å². The quantitative estimate of drug-likeness (QED) is 0.870. The summed E-state index contributed by atoms with van der Waals surface area (Å²) in [5, 5.41) is 2.82. The number of H-pyrrole nitrogens is 1. The number of hydrogen-bond acceptors (Lipinski definition) is 4. The molecule has 18 heavy (non-hydrogen) atoms. The van der Waals surface area contributed by atoms with Crippen molar-refractivity contribution in [1.82, 2.24) is 15.3 Å². The maximum atomic E-state index is 11.9. The summed E-state index contributed by atoms with van der Waals surface area (Å²) >= 11 is 1.65. The molecular weight excluding hydrogens is 250 g/mol. The number of nitrogens with one attached hydrogen (secondary N) is 2. The van der Waals surface area contributed by atoms with Crippen LogP contribution in [0.15, 0.2) is 28.9 Å². The minimum Gasteiger partial charge on any atom is -0.455 e. The zero-order chi connectivity index (χ0) is 13.0. The minimum atomic E-state index is -0.230. The van der Waals surface area contributed by atoms with E-state index in [0.717, 1.165) is 17.3 Å². The number of carbonyl (C=O) groups excluding carboxylic acids is 1. The molecule has 0 bridgehead atoms. The Bertz CT molecular complexity index is 507. The van der Waals surface area contributed by atoms with Crippen molar-refractivity contribution < 1.29 is 9.21 Å². The molecule has 0 saturated heterocycles. The van der Waals surface area contributed by atoms with E-state index in [0.29, 0.717) is 5.76 Å². The van der Waals surface area contributed by atoms with Crippen molar-refractivity contribution in [2.24, 2.45) is 0 Å². The Hall–Kier alpha value is -1.69. The number of aromatic amines is 1. The zero-order valence-electron chi connectivity index (χ0n) is 10.3. The number of imidazole rings is 1. The SMILES string of the molecule is CSCc1ccc(C(=O)NC(C)c2ncc[nH]2)o1. The first-order valence-corrected chi connectivity index (χ1v) is 6.98. The van der Waals surface area contributed by atoms with Gasteiger partial charge in [-0.15, -0.1) is 0 Å². The van der Waals surface area contributed by atoms with Gasteiger partial charge in [0.05, 0.1) is 11.8 Å². The maximum absolute atomic E-state index is 11.9. The van der Waals surface area contributed by atoms with Crippen LogP contribution in [0.1, 0.15) is 35.1 Å². The van der Waals surface area contributed by atoms with E-state index < -0.39 is 0 Å². The van der Waals surface area contributed by atoms with Crippen LogP contribution in [-0.4, -0.2) is 22.1 Å². The van der Waals surface area contributed by atoms with Gasteiger partial charge in [-0.1, -0.05) is 0 Å². The van der Waals surface area contributed by atoms with Crippen LogP contribution in [0.3, 0.4) is 0 Å². The molecule has 5 nitrogen and oxygen atoms in total. The van der Waals surface area contributed by atoms with Gasteiger partial charge in [-0.05, 0) is 25.3 Å². The average molecular weight is 265 g/mol. The Kier molecular flexibility index (Phi) is 4.09. The summed E-state index contributed by atoms with van der Waals surface area (Å²) in [4.78, 5) is 19.0. The highest BCUT2D eigenvalue weighted by Gasteiger charge is 2.15. The molecule has 1 atom stereocenters. The molecule has 2 rings (SSSR count). The van der Waals surface area contributed by atoms with Gasteiger partial charge in [-0.2, -0.15) is 11.8 Å². The summed E-state index contributed by atoms with van der Waals surface area (Å²) in [7, 11) is 0. The van der Waals surface area contributed by atoms with Crippen LogP contribution in [0.4, 0.5) is 0 Å². The lowest BCUT2D eigenvalue weighted by Crippen LogP contribution is -2.26. The Morgan fingerprint density at radius 2 is 2.44 bits per heavy atom. The monoisotopic (exact) mass is 265 g/mol. The Labute approximate surface area is 109 Å². The van der Waals surface area contributed by atoms with Crippen molar-refractivity contribution in [2.45, 2.75) is 18.7 Å². The topological polar surface area (TPSA) is 70.9 Å². The first-order chi connectivity index (χ1) is 8.70. The second-order valence-corrected chi connectivity index (χ2v) is 4.73. The predicted molar refractivity (Wildman–Crippen MR) is 70.4 cm³/mol. The smallest absolute Gasteiger partial charge is 0.287 e. The molecule has 0 aromatic carbocycles. The Morgan fingerprint density at radius 3 is 3.11 bits per heavy atom. The highest BCUT2D eigenvalue weighted by atomic mass is 32.2. The van der Waals surface area contributed by atoms with Gasteiger partial charge in [0.15, 0.2) is 5.76 Å². The molecule has 1 unspecified atom stereocenters. The summed E-state index contributed by atoms with van der Waals surface area (Å²) in [6.45, 7) is 1.86. The van der Waals surface area contributed by atoms with Crippen molar-refractivity contribution in [1.29, 1.82) is 0 Å². The largest absolute Gasteiger partial charge is 0.455 e. The molecule has 0 spiro atoms. The first kappa shape index (κ1) is 12.8. The van der Waals surface area contributed by atoms with Crippen LogP contribution in [0, 0.1) is 0 Å². The van der Waals surface area contributed by atoms with Crippen LogP contribution >= 0.6 is 11.8 Å². The summed E-state index contributed by atoms with van der Waals surface area (Å²) in [6, 6.07) is 3.33. The lowest BCUT2D eigenvalue weighted by atomic mass is 10.3. The van der Waals surface area contributed by atoms with E-state index in [1.807, 2.05) is 19.2 Å². The molecule has 2 N–H and O–H groups in total. The van der Waals surface area contributed by atoms with Crippen molar-refractivity contribution in [3.05, 3.63) is 41.9 Å². The number of nitrogens with zero attached hydrogens (tertiary/aromatic N) is 1. The number of carbonyl (C=O) groups is 1. The van der Waals surface area contributed by atoms with Gasteiger partial charge in [0, 0.05) is 12.4 Å². The molecule has 1 amide bonds. The fraction of sp³-hybridized carbons (Fsp3) is 0.333. The molecule has 0 fully saturated rings. The fourth-order valence-electron chi connectivity index (χ4n) is 1.57. The fourth-order valence-corrected chi connectivity index (χ4v) is 2.01. The molecule has 2 aromatic rings. The van der Waals surface area contributed by atoms with Crippen LogP contribution in [-0.2, 0) is 5.75 Å². The second kappa shape index (κ2) is 5.77. The van der Waals surface area contributed by atoms with E-state index in [1.54, 1.807) is 30.2 Å². The van der Waals surface area contributed by atoms with E-state index in [2.05, 4.69) is 15.3 Å². The van der Waals surface area contributed by atoms with Gasteiger partial charge in [0.1, 0.15) is 11.6 Å². The van der Waals surface area contributed by atoms with E-state index in [1.165, 1.54) is 0 Å². The molecule has 6 heteroatoms. The predicted octanol–water partition coefficient (Wildman–Crippen LogP) is 2.36. The lowest BCUT2D eigenvalue weighted by Gasteiger charge is -2.09. The summed E-state index contributed by atoms with van der Waals surface area (Å²) in [5.74, 6) is 2.39. The molecule has 0 aliphatic heterocycles. The number of amides is 1. The standard InChI is InChI=1S/C12H15N3O2S/c1-8(11-13-5-6-14-11)15-12(16)10-4-3-9(17-10)7-18-2/h3-6,8H,7H2,1-2H3,(H,13,14)(H,15,16). The first-order valence-electron chi connectivity index (χ1n) is 5.58. The number of aromatic nitrogens is 2. The molecule has 2 aromatic heterocycles. The van der Waals surface area contributed by atoms with E-state index >= 15 is 0 Å². The van der Waals surface area contributed by atoms with Gasteiger partial charge >= 0.3 is 0 Å². The van der Waals surface area contributed by atoms with Crippen molar-refractivity contribution >= 4 is 17.7 Å². The van der Waals surface area contributed by atoms with Crippen LogP contribution in [0.2, 0.25) is 0 Å². The van der Waals surface area contributed by atoms with E-state index in [-0.39, 0.29) is 11.9 Å². The molecule has 96 valence electrons. The molecule has 0 aliphatic rings. The molecule has 2 heterocycles. The van der Waals surface area contributed by atoms with Crippen LogP contribution in [0.5, 0.6) is 0 Å².